The highest BCUT2D eigenvalue weighted by Gasteiger charge is 2.45. The number of aryl methyl sites for hydroxylation is 1. The molecular weight excluding hydrogens is 446 g/mol. The van der Waals surface area contributed by atoms with Crippen LogP contribution in [0, 0.1) is 0 Å². The van der Waals surface area contributed by atoms with E-state index in [1.165, 1.54) is 0 Å². The van der Waals surface area contributed by atoms with E-state index < -0.39 is 12.0 Å². The van der Waals surface area contributed by atoms with Gasteiger partial charge >= 0.3 is 6.11 Å². The van der Waals surface area contributed by atoms with Crippen molar-refractivity contribution in [2.75, 3.05) is 0 Å². The molecule has 0 spiro atoms. The van der Waals surface area contributed by atoms with Crippen LogP contribution in [0.25, 0.3) is 5.76 Å². The molecule has 1 heterocycles. The maximum absolute atomic E-state index is 15.2. The summed E-state index contributed by atoms with van der Waals surface area (Å²) in [5.74, 6) is -0.360. The first kappa shape index (κ1) is 20.5. The number of allylic oxidation sites excluding steroid dienone is 2. The van der Waals surface area contributed by atoms with E-state index in [0.717, 1.165) is 15.6 Å². The lowest BCUT2D eigenvalue weighted by Gasteiger charge is -2.32. The summed E-state index contributed by atoms with van der Waals surface area (Å²) in [6.07, 6.45) is 1.26. The number of hydrogen-bond acceptors (Lipinski definition) is 1. The first-order chi connectivity index (χ1) is 14.5. The Morgan fingerprint density at radius 2 is 1.50 bits per heavy atom. The van der Waals surface area contributed by atoms with Gasteiger partial charge in [-0.05, 0) is 42.2 Å². The van der Waals surface area contributed by atoms with Crippen LogP contribution in [-0.4, -0.2) is 6.11 Å². The summed E-state index contributed by atoms with van der Waals surface area (Å²) in [5, 5.41) is 0. The molecule has 1 atom stereocenters. The van der Waals surface area contributed by atoms with Crippen LogP contribution >= 0.6 is 15.9 Å². The lowest BCUT2D eigenvalue weighted by atomic mass is 9.86. The first-order valence-corrected chi connectivity index (χ1v) is 10.7. The van der Waals surface area contributed by atoms with Crippen molar-refractivity contribution in [3.8, 4) is 0 Å². The molecule has 0 aliphatic carbocycles. The van der Waals surface area contributed by atoms with Gasteiger partial charge in [-0.25, -0.2) is 0 Å². The molecule has 0 amide bonds. The molecule has 0 fully saturated rings. The Labute approximate surface area is 183 Å². The number of alkyl halides is 2. The van der Waals surface area contributed by atoms with Crippen molar-refractivity contribution < 1.29 is 13.5 Å². The Morgan fingerprint density at radius 3 is 2.17 bits per heavy atom. The minimum atomic E-state index is -3.38. The Morgan fingerprint density at radius 1 is 0.867 bits per heavy atom. The Bertz CT molecular complexity index is 1040. The van der Waals surface area contributed by atoms with E-state index in [4.69, 9.17) is 4.74 Å². The molecule has 0 N–H and O–H groups in total. The molecule has 1 nitrogen and oxygen atoms in total. The zero-order valence-electron chi connectivity index (χ0n) is 16.3. The SMILES string of the molecule is FC1(F)OC(c2ccccc2)=CC(c2ccc(Br)cc2)/C1=C\CCc1ccccc1. The van der Waals surface area contributed by atoms with E-state index in [1.807, 2.05) is 72.8 Å². The summed E-state index contributed by atoms with van der Waals surface area (Å²) in [5.41, 5.74) is 2.55. The Balaban J connectivity index is 1.71. The van der Waals surface area contributed by atoms with Gasteiger partial charge in [-0.15, -0.1) is 0 Å². The number of benzene rings is 3. The fourth-order valence-corrected chi connectivity index (χ4v) is 3.91. The van der Waals surface area contributed by atoms with E-state index in [9.17, 15) is 0 Å². The van der Waals surface area contributed by atoms with Gasteiger partial charge in [0.1, 0.15) is 5.76 Å². The summed E-state index contributed by atoms with van der Waals surface area (Å²) in [6, 6.07) is 26.4. The minimum absolute atomic E-state index is 0.0135. The highest BCUT2D eigenvalue weighted by atomic mass is 79.9. The summed E-state index contributed by atoms with van der Waals surface area (Å²) < 4.78 is 36.5. The number of rotatable bonds is 5. The highest BCUT2D eigenvalue weighted by Crippen LogP contribution is 2.46. The Kier molecular flexibility index (Phi) is 6.14. The van der Waals surface area contributed by atoms with Crippen molar-refractivity contribution in [1.82, 2.24) is 0 Å². The van der Waals surface area contributed by atoms with Gasteiger partial charge < -0.3 is 4.74 Å². The van der Waals surface area contributed by atoms with E-state index >= 15 is 8.78 Å². The van der Waals surface area contributed by atoms with Crippen LogP contribution in [0.1, 0.15) is 29.0 Å². The quantitative estimate of drug-likeness (QED) is 0.349. The van der Waals surface area contributed by atoms with E-state index in [1.54, 1.807) is 24.3 Å². The predicted octanol–water partition coefficient (Wildman–Crippen LogP) is 7.76. The molecular formula is C26H21BrF2O. The number of hydrogen-bond donors (Lipinski definition) is 0. The maximum atomic E-state index is 15.2. The molecule has 0 aromatic heterocycles. The second-order valence-electron chi connectivity index (χ2n) is 7.23. The second-order valence-corrected chi connectivity index (χ2v) is 8.14. The topological polar surface area (TPSA) is 9.23 Å². The van der Waals surface area contributed by atoms with E-state index in [-0.39, 0.29) is 11.3 Å². The number of ether oxygens (including phenoxy) is 1. The zero-order valence-corrected chi connectivity index (χ0v) is 17.9. The van der Waals surface area contributed by atoms with Crippen LogP contribution in [0.5, 0.6) is 0 Å². The molecule has 0 bridgehead atoms. The van der Waals surface area contributed by atoms with Crippen molar-refractivity contribution in [3.63, 3.8) is 0 Å². The third kappa shape index (κ3) is 4.71. The molecule has 0 radical (unpaired) electrons. The van der Waals surface area contributed by atoms with Crippen LogP contribution in [0.2, 0.25) is 0 Å². The molecule has 30 heavy (non-hydrogen) atoms. The molecule has 0 saturated carbocycles. The first-order valence-electron chi connectivity index (χ1n) is 9.87. The zero-order chi connectivity index (χ0) is 21.0. The fourth-order valence-electron chi connectivity index (χ4n) is 3.64. The molecule has 1 aliphatic heterocycles. The van der Waals surface area contributed by atoms with Crippen molar-refractivity contribution in [2.45, 2.75) is 24.9 Å². The molecule has 0 saturated heterocycles. The largest absolute Gasteiger partial charge is 0.429 e. The average Bonchev–Trinajstić information content (AvgIpc) is 2.76. The van der Waals surface area contributed by atoms with Crippen LogP contribution in [0.3, 0.4) is 0 Å². The highest BCUT2D eigenvalue weighted by molar-refractivity contribution is 9.10. The normalized spacial score (nSPS) is 19.2. The van der Waals surface area contributed by atoms with Gasteiger partial charge in [0, 0.05) is 21.5 Å². The van der Waals surface area contributed by atoms with E-state index in [2.05, 4.69) is 15.9 Å². The Hall–Kier alpha value is -2.72. The fraction of sp³-hybridized carbons (Fsp3) is 0.154. The van der Waals surface area contributed by atoms with Crippen molar-refractivity contribution >= 4 is 21.7 Å². The average molecular weight is 467 g/mol. The standard InChI is InChI=1S/C26H21BrF2O/c27-22-16-14-20(15-17-22)23-18-25(21-11-5-2-6-12-21)30-26(28,29)24(23)13-7-10-19-8-3-1-4-9-19/h1-6,8-9,11-18,23H,7,10H2/b24-13+. The predicted molar refractivity (Wildman–Crippen MR) is 120 cm³/mol. The number of halogens is 3. The molecule has 152 valence electrons. The van der Waals surface area contributed by atoms with Gasteiger partial charge in [0.05, 0.1) is 0 Å². The van der Waals surface area contributed by atoms with Crippen molar-refractivity contribution in [2.24, 2.45) is 0 Å². The molecule has 4 rings (SSSR count). The van der Waals surface area contributed by atoms with Gasteiger partial charge in [-0.1, -0.05) is 94.8 Å². The van der Waals surface area contributed by atoms with Crippen LogP contribution in [-0.2, 0) is 11.2 Å². The van der Waals surface area contributed by atoms with Crippen LogP contribution in [0.15, 0.2) is 107 Å². The molecule has 1 unspecified atom stereocenters. The third-order valence-electron chi connectivity index (χ3n) is 5.15. The lowest BCUT2D eigenvalue weighted by molar-refractivity contribution is -0.168. The van der Waals surface area contributed by atoms with Crippen LogP contribution < -0.4 is 0 Å². The van der Waals surface area contributed by atoms with Gasteiger partial charge in [0.2, 0.25) is 0 Å². The van der Waals surface area contributed by atoms with Gasteiger partial charge in [0.15, 0.2) is 0 Å². The van der Waals surface area contributed by atoms with Crippen molar-refractivity contribution in [3.05, 3.63) is 124 Å². The second kappa shape index (κ2) is 8.97. The summed E-state index contributed by atoms with van der Waals surface area (Å²) in [6.45, 7) is 0. The summed E-state index contributed by atoms with van der Waals surface area (Å²) in [4.78, 5) is 0. The minimum Gasteiger partial charge on any atom is -0.429 e. The van der Waals surface area contributed by atoms with Crippen LogP contribution in [0.4, 0.5) is 8.78 Å². The maximum Gasteiger partial charge on any atom is 0.423 e. The van der Waals surface area contributed by atoms with Gasteiger partial charge in [-0.3, -0.25) is 0 Å². The molecule has 3 aromatic rings. The van der Waals surface area contributed by atoms with E-state index in [0.29, 0.717) is 18.4 Å². The summed E-state index contributed by atoms with van der Waals surface area (Å²) >= 11 is 3.42. The monoisotopic (exact) mass is 466 g/mol. The third-order valence-corrected chi connectivity index (χ3v) is 5.68. The molecule has 1 aliphatic rings. The lowest BCUT2D eigenvalue weighted by Crippen LogP contribution is -2.30. The van der Waals surface area contributed by atoms with Gasteiger partial charge in [-0.2, -0.15) is 8.78 Å². The molecule has 3 aromatic carbocycles. The van der Waals surface area contributed by atoms with Crippen molar-refractivity contribution in [1.29, 1.82) is 0 Å². The smallest absolute Gasteiger partial charge is 0.423 e. The summed E-state index contributed by atoms with van der Waals surface area (Å²) in [7, 11) is 0. The molecule has 4 heteroatoms. The van der Waals surface area contributed by atoms with Gasteiger partial charge in [0.25, 0.3) is 0 Å².